The van der Waals surface area contributed by atoms with E-state index in [2.05, 4.69) is 10.6 Å². The highest BCUT2D eigenvalue weighted by atomic mass is 32.2. The molecule has 0 radical (unpaired) electrons. The number of benzene rings is 1. The van der Waals surface area contributed by atoms with Crippen LogP contribution in [-0.2, 0) is 30.3 Å². The molecule has 1 unspecified atom stereocenters. The van der Waals surface area contributed by atoms with Crippen molar-refractivity contribution in [2.24, 2.45) is 5.92 Å². The zero-order valence-corrected chi connectivity index (χ0v) is 19.7. The predicted octanol–water partition coefficient (Wildman–Crippen LogP) is -0.152. The van der Waals surface area contributed by atoms with Gasteiger partial charge in [-0.15, -0.1) is 11.8 Å². The molecule has 3 amide bonds. The molecular weight excluding hydrogens is 450 g/mol. The van der Waals surface area contributed by atoms with Gasteiger partial charge in [-0.05, 0) is 17.9 Å². The van der Waals surface area contributed by atoms with Crippen molar-refractivity contribution < 1.29 is 34.1 Å². The number of ether oxygens (including phenoxy) is 1. The number of hydrogen-bond acceptors (Lipinski definition) is 7. The maximum Gasteiger partial charge on any atom is 0.334 e. The van der Waals surface area contributed by atoms with Crippen molar-refractivity contribution in [3.8, 4) is 0 Å². The minimum atomic E-state index is -1.82. The summed E-state index contributed by atoms with van der Waals surface area (Å²) in [5.74, 6) is -2.51. The third-order valence-corrected chi connectivity index (χ3v) is 6.27. The van der Waals surface area contributed by atoms with Crippen LogP contribution in [0.1, 0.15) is 19.4 Å². The van der Waals surface area contributed by atoms with Gasteiger partial charge >= 0.3 is 5.97 Å². The molecule has 182 valence electrons. The van der Waals surface area contributed by atoms with Crippen LogP contribution in [0.25, 0.3) is 0 Å². The summed E-state index contributed by atoms with van der Waals surface area (Å²) in [7, 11) is 1.38. The topological polar surface area (TPSA) is 145 Å². The third-order valence-electron chi connectivity index (χ3n) is 5.25. The summed E-state index contributed by atoms with van der Waals surface area (Å²) >= 11 is 1.38. The molecule has 1 heterocycles. The Labute approximate surface area is 197 Å². The zero-order chi connectivity index (χ0) is 24.5. The molecule has 11 heteroatoms. The van der Waals surface area contributed by atoms with Gasteiger partial charge in [-0.25, -0.2) is 4.79 Å². The minimum absolute atomic E-state index is 0.107. The highest BCUT2D eigenvalue weighted by Crippen LogP contribution is 2.24. The fourth-order valence-electron chi connectivity index (χ4n) is 3.48. The average Bonchev–Trinajstić information content (AvgIpc) is 3.27. The molecule has 10 nitrogen and oxygen atoms in total. The Morgan fingerprint density at radius 3 is 2.42 bits per heavy atom. The number of carbonyl (C=O) groups excluding carboxylic acids is 3. The highest BCUT2D eigenvalue weighted by molar-refractivity contribution is 7.99. The second kappa shape index (κ2) is 12.6. The Morgan fingerprint density at radius 2 is 1.85 bits per heavy atom. The molecule has 1 aliphatic rings. The number of nitrogens with one attached hydrogen (secondary N) is 2. The summed E-state index contributed by atoms with van der Waals surface area (Å²) < 4.78 is 4.81. The Hall–Kier alpha value is -2.63. The van der Waals surface area contributed by atoms with E-state index in [0.717, 1.165) is 5.56 Å². The SMILES string of the molecule is COCC(=O)N[C@H](C(=O)N1CSC[C@H]1C(=O)N[C@@H](Cc1ccccc1)C(O)C(=O)O)C(C)C. The van der Waals surface area contributed by atoms with E-state index in [1.54, 1.807) is 44.2 Å². The van der Waals surface area contributed by atoms with Crippen molar-refractivity contribution in [1.82, 2.24) is 15.5 Å². The summed E-state index contributed by atoms with van der Waals surface area (Å²) in [5.41, 5.74) is 0.748. The molecule has 1 aliphatic heterocycles. The van der Waals surface area contributed by atoms with Crippen LogP contribution >= 0.6 is 11.8 Å². The average molecular weight is 482 g/mol. The van der Waals surface area contributed by atoms with Gasteiger partial charge < -0.3 is 30.5 Å². The molecular formula is C22H31N3O7S. The van der Waals surface area contributed by atoms with E-state index in [4.69, 9.17) is 4.74 Å². The van der Waals surface area contributed by atoms with E-state index in [0.29, 0.717) is 5.75 Å². The van der Waals surface area contributed by atoms with Crippen molar-refractivity contribution in [3.63, 3.8) is 0 Å². The normalized spacial score (nSPS) is 18.5. The highest BCUT2D eigenvalue weighted by Gasteiger charge is 2.40. The summed E-state index contributed by atoms with van der Waals surface area (Å²) in [5, 5.41) is 24.7. The van der Waals surface area contributed by atoms with Crippen LogP contribution in [0, 0.1) is 5.92 Å². The molecule has 0 bridgehead atoms. The first-order valence-electron chi connectivity index (χ1n) is 10.6. The van der Waals surface area contributed by atoms with Crippen LogP contribution in [0.5, 0.6) is 0 Å². The van der Waals surface area contributed by atoms with Gasteiger partial charge in [0, 0.05) is 12.9 Å². The number of carbonyl (C=O) groups is 4. The van der Waals surface area contributed by atoms with Crippen LogP contribution in [0.2, 0.25) is 0 Å². The molecule has 1 fully saturated rings. The lowest BCUT2D eigenvalue weighted by Crippen LogP contribution is -2.58. The summed E-state index contributed by atoms with van der Waals surface area (Å²) in [6, 6.07) is 6.12. The predicted molar refractivity (Wildman–Crippen MR) is 122 cm³/mol. The maximum atomic E-state index is 13.2. The van der Waals surface area contributed by atoms with Gasteiger partial charge in [0.15, 0.2) is 6.10 Å². The molecule has 0 spiro atoms. The molecule has 4 atom stereocenters. The van der Waals surface area contributed by atoms with E-state index in [1.807, 2.05) is 0 Å². The number of hydrogen-bond donors (Lipinski definition) is 4. The standard InChI is InChI=1S/C22H31N3O7S/c1-13(2)18(24-17(26)10-32-3)21(29)25-12-33-11-16(25)20(28)23-15(19(27)22(30)31)9-14-7-5-4-6-8-14/h4-8,13,15-16,18-19,27H,9-12H2,1-3H3,(H,23,28)(H,24,26)(H,30,31)/t15-,16-,18-,19?/m0/s1. The largest absolute Gasteiger partial charge is 0.479 e. The van der Waals surface area contributed by atoms with Crippen molar-refractivity contribution in [1.29, 1.82) is 0 Å². The van der Waals surface area contributed by atoms with Crippen molar-refractivity contribution in [3.05, 3.63) is 35.9 Å². The first-order valence-corrected chi connectivity index (χ1v) is 11.7. The summed E-state index contributed by atoms with van der Waals surface area (Å²) in [6.45, 7) is 3.38. The first-order chi connectivity index (χ1) is 15.6. The Bertz CT molecular complexity index is 837. The van der Waals surface area contributed by atoms with E-state index >= 15 is 0 Å². The van der Waals surface area contributed by atoms with Crippen LogP contribution in [0.4, 0.5) is 0 Å². The van der Waals surface area contributed by atoms with Crippen LogP contribution < -0.4 is 10.6 Å². The van der Waals surface area contributed by atoms with Crippen LogP contribution in [-0.4, -0.2) is 88.4 Å². The van der Waals surface area contributed by atoms with Gasteiger partial charge in [-0.1, -0.05) is 44.2 Å². The second-order valence-electron chi connectivity index (χ2n) is 8.13. The van der Waals surface area contributed by atoms with Gasteiger partial charge in [-0.3, -0.25) is 14.4 Å². The smallest absolute Gasteiger partial charge is 0.334 e. The van der Waals surface area contributed by atoms with Crippen LogP contribution in [0.3, 0.4) is 0 Å². The lowest BCUT2D eigenvalue weighted by molar-refractivity contribution is -0.149. The van der Waals surface area contributed by atoms with Gasteiger partial charge in [-0.2, -0.15) is 0 Å². The van der Waals surface area contributed by atoms with Gasteiger partial charge in [0.05, 0.1) is 11.9 Å². The van der Waals surface area contributed by atoms with Gasteiger partial charge in [0.1, 0.15) is 18.7 Å². The lowest BCUT2D eigenvalue weighted by Gasteiger charge is -2.31. The summed E-state index contributed by atoms with van der Waals surface area (Å²) in [6.07, 6.45) is -1.71. The fourth-order valence-corrected chi connectivity index (χ4v) is 4.64. The van der Waals surface area contributed by atoms with E-state index in [9.17, 15) is 29.4 Å². The van der Waals surface area contributed by atoms with Crippen molar-refractivity contribution in [2.75, 3.05) is 25.3 Å². The maximum absolute atomic E-state index is 13.2. The summed E-state index contributed by atoms with van der Waals surface area (Å²) in [4.78, 5) is 51.0. The Kier molecular flexibility index (Phi) is 10.1. The monoisotopic (exact) mass is 481 g/mol. The second-order valence-corrected chi connectivity index (χ2v) is 9.13. The number of carboxylic acid groups (broad SMARTS) is 1. The number of amides is 3. The lowest BCUT2D eigenvalue weighted by atomic mass is 10.00. The molecule has 0 aliphatic carbocycles. The Balaban J connectivity index is 2.15. The number of thioether (sulfide) groups is 1. The van der Waals surface area contributed by atoms with E-state index < -0.39 is 47.9 Å². The molecule has 0 aromatic heterocycles. The number of aliphatic hydroxyl groups is 1. The van der Waals surface area contributed by atoms with Crippen molar-refractivity contribution >= 4 is 35.5 Å². The number of nitrogens with zero attached hydrogens (tertiary/aromatic N) is 1. The molecule has 0 saturated carbocycles. The fraction of sp³-hybridized carbons (Fsp3) is 0.545. The number of methoxy groups -OCH3 is 1. The zero-order valence-electron chi connectivity index (χ0n) is 18.9. The molecule has 1 saturated heterocycles. The molecule has 1 aromatic carbocycles. The van der Waals surface area contributed by atoms with Gasteiger partial charge in [0.2, 0.25) is 17.7 Å². The van der Waals surface area contributed by atoms with E-state index in [1.165, 1.54) is 23.8 Å². The quantitative estimate of drug-likeness (QED) is 0.341. The first kappa shape index (κ1) is 26.6. The Morgan fingerprint density at radius 1 is 1.18 bits per heavy atom. The van der Waals surface area contributed by atoms with Crippen molar-refractivity contribution in [2.45, 2.75) is 44.5 Å². The third kappa shape index (κ3) is 7.44. The number of carboxylic acids is 1. The molecule has 1 aromatic rings. The van der Waals surface area contributed by atoms with Gasteiger partial charge in [0.25, 0.3) is 0 Å². The number of aliphatic hydroxyl groups excluding tert-OH is 1. The number of aliphatic carboxylic acids is 1. The molecule has 2 rings (SSSR count). The number of rotatable bonds is 11. The minimum Gasteiger partial charge on any atom is -0.479 e. The van der Waals surface area contributed by atoms with Crippen LogP contribution in [0.15, 0.2) is 30.3 Å². The molecule has 33 heavy (non-hydrogen) atoms. The van der Waals surface area contributed by atoms with E-state index in [-0.39, 0.29) is 24.8 Å². The molecule has 4 N–H and O–H groups in total.